The molecule has 0 atom stereocenters. The van der Waals surface area contributed by atoms with Gasteiger partial charge in [0.05, 0.1) is 17.8 Å². The van der Waals surface area contributed by atoms with Crippen molar-refractivity contribution in [1.29, 1.82) is 0 Å². The first kappa shape index (κ1) is 13.1. The number of aromatic nitrogens is 5. The number of para-hydroxylation sites is 1. The van der Waals surface area contributed by atoms with Crippen molar-refractivity contribution in [3.05, 3.63) is 42.1 Å². The molecule has 0 aliphatic rings. The molecule has 0 aliphatic carbocycles. The average molecular weight is 285 g/mol. The third-order valence-corrected chi connectivity index (χ3v) is 3.22. The number of nitrogens with two attached hydrogens (primary N) is 1. The molecule has 0 unspecified atom stereocenters. The van der Waals surface area contributed by atoms with Gasteiger partial charge in [-0.25, -0.2) is 9.67 Å². The minimum Gasteiger partial charge on any atom is -0.409 e. The average Bonchev–Trinajstić information content (AvgIpc) is 3.12. The number of benzene rings is 1. The Morgan fingerprint density at radius 1 is 1.33 bits per heavy atom. The molecule has 8 nitrogen and oxygen atoms in total. The normalized spacial score (nSPS) is 12.1. The molecule has 2 aromatic heterocycles. The highest BCUT2D eigenvalue weighted by atomic mass is 16.4. The van der Waals surface area contributed by atoms with Gasteiger partial charge in [0.25, 0.3) is 0 Å². The Kier molecular flexibility index (Phi) is 3.27. The minimum absolute atomic E-state index is 0.113. The van der Waals surface area contributed by atoms with Gasteiger partial charge in [-0.15, -0.1) is 5.10 Å². The molecule has 0 aliphatic heterocycles. The summed E-state index contributed by atoms with van der Waals surface area (Å²) in [6, 6.07) is 8.05. The zero-order valence-electron chi connectivity index (χ0n) is 11.5. The second kappa shape index (κ2) is 5.23. The monoisotopic (exact) mass is 285 g/mol. The first-order valence-corrected chi connectivity index (χ1v) is 6.54. The Morgan fingerprint density at radius 2 is 2.14 bits per heavy atom. The summed E-state index contributed by atoms with van der Waals surface area (Å²) in [5.74, 6) is 0.0782. The maximum Gasteiger partial charge on any atom is 0.219 e. The van der Waals surface area contributed by atoms with Gasteiger partial charge in [0.1, 0.15) is 6.33 Å². The molecule has 1 aromatic carbocycles. The standard InChI is InChI=1S/C13H15N7O/c1-2-20-11-6-4-3-5-9(11)10(16-20)7-19-8-15-13(17-19)12(14)18-21/h3-6,8,21H,2,7H2,1H3,(H2,14,18). The molecule has 0 saturated carbocycles. The van der Waals surface area contributed by atoms with Crippen molar-refractivity contribution in [2.45, 2.75) is 20.0 Å². The lowest BCUT2D eigenvalue weighted by Gasteiger charge is -1.97. The van der Waals surface area contributed by atoms with Crippen LogP contribution in [-0.4, -0.2) is 35.6 Å². The molecule has 0 bridgehead atoms. The van der Waals surface area contributed by atoms with Crippen molar-refractivity contribution < 1.29 is 5.21 Å². The highest BCUT2D eigenvalue weighted by molar-refractivity contribution is 5.93. The van der Waals surface area contributed by atoms with E-state index in [1.54, 1.807) is 4.68 Å². The van der Waals surface area contributed by atoms with Crippen LogP contribution in [-0.2, 0) is 13.1 Å². The maximum absolute atomic E-state index is 8.62. The van der Waals surface area contributed by atoms with Crippen molar-refractivity contribution in [2.24, 2.45) is 10.9 Å². The lowest BCUT2D eigenvalue weighted by atomic mass is 10.2. The van der Waals surface area contributed by atoms with Crippen LogP contribution in [0.25, 0.3) is 10.9 Å². The zero-order chi connectivity index (χ0) is 14.8. The summed E-state index contributed by atoms with van der Waals surface area (Å²) < 4.78 is 3.56. The van der Waals surface area contributed by atoms with E-state index in [1.165, 1.54) is 6.33 Å². The Morgan fingerprint density at radius 3 is 2.90 bits per heavy atom. The number of hydrogen-bond donors (Lipinski definition) is 2. The van der Waals surface area contributed by atoms with Crippen LogP contribution < -0.4 is 5.73 Å². The van der Waals surface area contributed by atoms with Gasteiger partial charge in [0.15, 0.2) is 0 Å². The molecule has 8 heteroatoms. The molecule has 0 spiro atoms. The minimum atomic E-state index is -0.113. The zero-order valence-corrected chi connectivity index (χ0v) is 11.5. The van der Waals surface area contributed by atoms with Crippen LogP contribution in [0, 0.1) is 0 Å². The number of rotatable bonds is 4. The molecule has 0 saturated heterocycles. The van der Waals surface area contributed by atoms with E-state index < -0.39 is 0 Å². The van der Waals surface area contributed by atoms with Gasteiger partial charge in [-0.3, -0.25) is 4.68 Å². The van der Waals surface area contributed by atoms with Crippen LogP contribution in [0.15, 0.2) is 35.7 Å². The predicted octanol–water partition coefficient (Wildman–Crippen LogP) is 0.790. The SMILES string of the molecule is CCn1nc(Cn2cnc(C(N)=NO)n2)c2ccccc21. The van der Waals surface area contributed by atoms with Crippen molar-refractivity contribution in [1.82, 2.24) is 24.5 Å². The number of amidine groups is 1. The van der Waals surface area contributed by atoms with Crippen LogP contribution in [0.5, 0.6) is 0 Å². The van der Waals surface area contributed by atoms with Gasteiger partial charge in [0.2, 0.25) is 11.7 Å². The topological polar surface area (TPSA) is 107 Å². The second-order valence-corrected chi connectivity index (χ2v) is 4.53. The van der Waals surface area contributed by atoms with Gasteiger partial charge in [-0.05, 0) is 13.0 Å². The number of aryl methyl sites for hydroxylation is 1. The van der Waals surface area contributed by atoms with E-state index in [0.29, 0.717) is 6.54 Å². The summed E-state index contributed by atoms with van der Waals surface area (Å²) in [7, 11) is 0. The molecule has 3 rings (SSSR count). The fraction of sp³-hybridized carbons (Fsp3) is 0.231. The van der Waals surface area contributed by atoms with E-state index >= 15 is 0 Å². The van der Waals surface area contributed by atoms with Gasteiger partial charge in [0, 0.05) is 11.9 Å². The molecular formula is C13H15N7O. The van der Waals surface area contributed by atoms with Crippen LogP contribution in [0.4, 0.5) is 0 Å². The summed E-state index contributed by atoms with van der Waals surface area (Å²) in [6.45, 7) is 3.32. The summed E-state index contributed by atoms with van der Waals surface area (Å²) in [6.07, 6.45) is 1.53. The number of oxime groups is 1. The Balaban J connectivity index is 1.97. The highest BCUT2D eigenvalue weighted by Gasteiger charge is 2.11. The van der Waals surface area contributed by atoms with Crippen molar-refractivity contribution >= 4 is 16.7 Å². The summed E-state index contributed by atoms with van der Waals surface area (Å²) in [5.41, 5.74) is 7.45. The fourth-order valence-corrected chi connectivity index (χ4v) is 2.24. The second-order valence-electron chi connectivity index (χ2n) is 4.53. The Bertz CT molecular complexity index is 802. The molecule has 3 N–H and O–H groups in total. The molecule has 21 heavy (non-hydrogen) atoms. The molecule has 3 aromatic rings. The molecule has 2 heterocycles. The summed E-state index contributed by atoms with van der Waals surface area (Å²) in [4.78, 5) is 3.99. The number of fused-ring (bicyclic) bond motifs is 1. The first-order valence-electron chi connectivity index (χ1n) is 6.54. The van der Waals surface area contributed by atoms with Crippen LogP contribution >= 0.6 is 0 Å². The van der Waals surface area contributed by atoms with Gasteiger partial charge >= 0.3 is 0 Å². The van der Waals surface area contributed by atoms with Crippen LogP contribution in [0.1, 0.15) is 18.4 Å². The number of hydrogen-bond acceptors (Lipinski definition) is 5. The van der Waals surface area contributed by atoms with E-state index in [1.807, 2.05) is 28.9 Å². The fourth-order valence-electron chi connectivity index (χ4n) is 2.24. The first-order chi connectivity index (χ1) is 10.2. The summed E-state index contributed by atoms with van der Waals surface area (Å²) >= 11 is 0. The van der Waals surface area contributed by atoms with E-state index in [4.69, 9.17) is 10.9 Å². The smallest absolute Gasteiger partial charge is 0.219 e. The maximum atomic E-state index is 8.62. The van der Waals surface area contributed by atoms with E-state index in [0.717, 1.165) is 23.1 Å². The lowest BCUT2D eigenvalue weighted by Crippen LogP contribution is -2.15. The number of nitrogens with zero attached hydrogens (tertiary/aromatic N) is 6. The van der Waals surface area contributed by atoms with E-state index in [-0.39, 0.29) is 11.7 Å². The quantitative estimate of drug-likeness (QED) is 0.319. The molecule has 0 radical (unpaired) electrons. The van der Waals surface area contributed by atoms with Crippen molar-refractivity contribution in [2.75, 3.05) is 0 Å². The Labute approximate surface area is 120 Å². The third-order valence-electron chi connectivity index (χ3n) is 3.22. The van der Waals surface area contributed by atoms with Crippen molar-refractivity contribution in [3.8, 4) is 0 Å². The molecule has 0 fully saturated rings. The molecule has 108 valence electrons. The van der Waals surface area contributed by atoms with E-state index in [9.17, 15) is 0 Å². The van der Waals surface area contributed by atoms with Crippen LogP contribution in [0.2, 0.25) is 0 Å². The Hall–Kier alpha value is -2.90. The summed E-state index contributed by atoms with van der Waals surface area (Å²) in [5, 5.41) is 21.3. The third kappa shape index (κ3) is 2.31. The molecular weight excluding hydrogens is 270 g/mol. The van der Waals surface area contributed by atoms with Gasteiger partial charge < -0.3 is 10.9 Å². The highest BCUT2D eigenvalue weighted by Crippen LogP contribution is 2.18. The van der Waals surface area contributed by atoms with E-state index in [2.05, 4.69) is 27.3 Å². The van der Waals surface area contributed by atoms with Gasteiger partial charge in [-0.2, -0.15) is 5.10 Å². The predicted molar refractivity (Wildman–Crippen MR) is 77.0 cm³/mol. The van der Waals surface area contributed by atoms with Crippen LogP contribution in [0.3, 0.4) is 0 Å². The molecule has 0 amide bonds. The lowest BCUT2D eigenvalue weighted by molar-refractivity contribution is 0.318. The largest absolute Gasteiger partial charge is 0.409 e. The van der Waals surface area contributed by atoms with Crippen molar-refractivity contribution in [3.63, 3.8) is 0 Å². The van der Waals surface area contributed by atoms with Gasteiger partial charge in [-0.1, -0.05) is 23.4 Å².